The van der Waals surface area contributed by atoms with Gasteiger partial charge in [-0.15, -0.1) is 0 Å². The van der Waals surface area contributed by atoms with Crippen LogP contribution in [0.15, 0.2) is 89.3 Å². The van der Waals surface area contributed by atoms with Gasteiger partial charge in [0.05, 0.1) is 14.2 Å². The Kier molecular flexibility index (Phi) is 7.29. The molecule has 0 unspecified atom stereocenters. The topological polar surface area (TPSA) is 76.7 Å². The van der Waals surface area contributed by atoms with Gasteiger partial charge in [-0.25, -0.2) is 0 Å². The molecule has 0 saturated heterocycles. The number of ketones is 1. The maximum absolute atomic E-state index is 14.0. The van der Waals surface area contributed by atoms with Crippen molar-refractivity contribution in [2.45, 2.75) is 45.4 Å². The third-order valence-electron chi connectivity index (χ3n) is 7.84. The minimum absolute atomic E-state index is 0.0174. The number of Topliss-reactive ketones (excluding diaryl/α,β-unsaturated/α-hetero) is 1. The minimum atomic E-state index is -0.453. The molecule has 1 aliphatic carbocycles. The number of aryl methyl sites for hydroxylation is 2. The van der Waals surface area contributed by atoms with Crippen molar-refractivity contribution in [1.82, 2.24) is 5.32 Å². The second-order valence-corrected chi connectivity index (χ2v) is 10.3. The Balaban J connectivity index is 1.56. The number of para-hydroxylation sites is 1. The zero-order chi connectivity index (χ0) is 27.7. The van der Waals surface area contributed by atoms with Crippen LogP contribution in [0.25, 0.3) is 0 Å². The number of rotatable bonds is 6. The minimum Gasteiger partial charge on any atom is -0.493 e. The molecule has 1 aliphatic heterocycles. The lowest BCUT2D eigenvalue weighted by atomic mass is 9.71. The van der Waals surface area contributed by atoms with Crippen LogP contribution in [0.2, 0.25) is 0 Å². The number of methoxy groups -OCH3 is 2. The van der Waals surface area contributed by atoms with Gasteiger partial charge >= 0.3 is 0 Å². The van der Waals surface area contributed by atoms with E-state index in [0.29, 0.717) is 35.5 Å². The summed E-state index contributed by atoms with van der Waals surface area (Å²) in [6.07, 6.45) is 1.01. The van der Waals surface area contributed by atoms with Crippen LogP contribution < -0.4 is 20.1 Å². The van der Waals surface area contributed by atoms with E-state index in [1.54, 1.807) is 14.2 Å². The Hall–Kier alpha value is -4.32. The predicted octanol–water partition coefficient (Wildman–Crippen LogP) is 6.32. The van der Waals surface area contributed by atoms with Crippen LogP contribution in [0.4, 0.5) is 5.69 Å². The van der Waals surface area contributed by atoms with E-state index in [0.717, 1.165) is 39.3 Å². The summed E-state index contributed by atoms with van der Waals surface area (Å²) in [5, 5.41) is 6.57. The number of anilines is 1. The van der Waals surface area contributed by atoms with Gasteiger partial charge in [-0.05, 0) is 73.6 Å². The molecule has 0 aromatic heterocycles. The van der Waals surface area contributed by atoms with Gasteiger partial charge in [0.25, 0.3) is 5.91 Å². The lowest BCUT2D eigenvalue weighted by Crippen LogP contribution is -2.37. The second-order valence-electron chi connectivity index (χ2n) is 10.3. The summed E-state index contributed by atoms with van der Waals surface area (Å²) < 4.78 is 10.9. The molecule has 6 heteroatoms. The molecule has 0 fully saturated rings. The molecular formula is C33H34N2O4. The van der Waals surface area contributed by atoms with E-state index in [4.69, 9.17) is 9.47 Å². The summed E-state index contributed by atoms with van der Waals surface area (Å²) in [4.78, 5) is 27.8. The predicted molar refractivity (Wildman–Crippen MR) is 153 cm³/mol. The third-order valence-corrected chi connectivity index (χ3v) is 7.84. The first-order valence-corrected chi connectivity index (χ1v) is 13.2. The van der Waals surface area contributed by atoms with Crippen molar-refractivity contribution < 1.29 is 19.1 Å². The molecule has 3 aromatic carbocycles. The van der Waals surface area contributed by atoms with E-state index in [-0.39, 0.29) is 17.6 Å². The van der Waals surface area contributed by atoms with Crippen LogP contribution in [0.1, 0.15) is 53.9 Å². The number of amides is 1. The lowest BCUT2D eigenvalue weighted by molar-refractivity contribution is -0.116. The molecule has 0 saturated carbocycles. The zero-order valence-corrected chi connectivity index (χ0v) is 23.1. The molecule has 1 amide bonds. The molecule has 3 aromatic rings. The van der Waals surface area contributed by atoms with Crippen LogP contribution >= 0.6 is 0 Å². The summed E-state index contributed by atoms with van der Waals surface area (Å²) in [5.41, 5.74) is 7.66. The highest BCUT2D eigenvalue weighted by molar-refractivity contribution is 6.10. The molecule has 200 valence electrons. The van der Waals surface area contributed by atoms with Gasteiger partial charge in [0.15, 0.2) is 17.3 Å². The number of nitrogens with one attached hydrogen (secondary N) is 2. The van der Waals surface area contributed by atoms with Gasteiger partial charge in [-0.3, -0.25) is 9.59 Å². The highest BCUT2D eigenvalue weighted by Gasteiger charge is 2.41. The summed E-state index contributed by atoms with van der Waals surface area (Å²) in [6.45, 7) is 5.92. The molecule has 0 spiro atoms. The maximum atomic E-state index is 14.0. The van der Waals surface area contributed by atoms with E-state index in [1.165, 1.54) is 0 Å². The Morgan fingerprint density at radius 1 is 0.872 bits per heavy atom. The van der Waals surface area contributed by atoms with E-state index in [2.05, 4.69) is 10.6 Å². The number of benzene rings is 3. The van der Waals surface area contributed by atoms with Crippen molar-refractivity contribution >= 4 is 17.4 Å². The number of carbonyl (C=O) groups is 2. The van der Waals surface area contributed by atoms with Crippen LogP contribution in [0.5, 0.6) is 11.5 Å². The molecule has 2 aliphatic rings. The van der Waals surface area contributed by atoms with Crippen molar-refractivity contribution in [3.05, 3.63) is 112 Å². The van der Waals surface area contributed by atoms with Gasteiger partial charge in [-0.1, -0.05) is 48.5 Å². The van der Waals surface area contributed by atoms with Crippen molar-refractivity contribution in [3.8, 4) is 11.5 Å². The number of ether oxygens (including phenoxy) is 2. The SMILES string of the molecule is COc1ccc([C@H]2CC(=O)C3=C(C2)NC(C)=C(C(=O)Nc2ccccc2C)[C@@H]3c2ccccc2C)cc1OC. The van der Waals surface area contributed by atoms with Gasteiger partial charge in [0.1, 0.15) is 0 Å². The molecule has 0 radical (unpaired) electrons. The highest BCUT2D eigenvalue weighted by Crippen LogP contribution is 2.47. The Labute approximate surface area is 229 Å². The highest BCUT2D eigenvalue weighted by atomic mass is 16.5. The number of carbonyl (C=O) groups excluding carboxylic acids is 2. The first-order valence-electron chi connectivity index (χ1n) is 13.2. The molecule has 2 N–H and O–H groups in total. The summed E-state index contributed by atoms with van der Waals surface area (Å²) in [5.74, 6) is 0.667. The number of dihydropyridines is 1. The maximum Gasteiger partial charge on any atom is 0.254 e. The quantitative estimate of drug-likeness (QED) is 0.396. The first kappa shape index (κ1) is 26.3. The fraction of sp³-hybridized carbons (Fsp3) is 0.273. The van der Waals surface area contributed by atoms with Gasteiger partial charge in [0.2, 0.25) is 0 Å². The van der Waals surface area contributed by atoms with Crippen LogP contribution in [0, 0.1) is 13.8 Å². The number of hydrogen-bond acceptors (Lipinski definition) is 5. The third kappa shape index (κ3) is 4.94. The summed E-state index contributed by atoms with van der Waals surface area (Å²) >= 11 is 0. The standard InChI is InChI=1S/C33H34N2O4/c1-19-10-6-8-12-24(19)31-30(33(37)35-25-13-9-7-11-20(25)2)21(3)34-26-16-23(17-27(36)32(26)31)22-14-15-28(38-4)29(18-22)39-5/h6-15,18,23,31,34H,16-17H2,1-5H3,(H,35,37)/t23-,31+/m1/s1. The van der Waals surface area contributed by atoms with Crippen molar-refractivity contribution in [1.29, 1.82) is 0 Å². The fourth-order valence-electron chi connectivity index (χ4n) is 5.81. The van der Waals surface area contributed by atoms with Crippen LogP contribution in [-0.2, 0) is 9.59 Å². The molecule has 5 rings (SSSR count). The lowest BCUT2D eigenvalue weighted by Gasteiger charge is -2.37. The molecular weight excluding hydrogens is 488 g/mol. The number of allylic oxidation sites excluding steroid dienone is 3. The number of hydrogen-bond donors (Lipinski definition) is 2. The van der Waals surface area contributed by atoms with E-state index < -0.39 is 5.92 Å². The van der Waals surface area contributed by atoms with Crippen molar-refractivity contribution in [2.75, 3.05) is 19.5 Å². The first-order chi connectivity index (χ1) is 18.8. The van der Waals surface area contributed by atoms with E-state index in [9.17, 15) is 9.59 Å². The largest absolute Gasteiger partial charge is 0.493 e. The average molecular weight is 523 g/mol. The summed E-state index contributed by atoms with van der Waals surface area (Å²) in [7, 11) is 3.22. The Morgan fingerprint density at radius 3 is 2.26 bits per heavy atom. The molecule has 39 heavy (non-hydrogen) atoms. The second kappa shape index (κ2) is 10.8. The van der Waals surface area contributed by atoms with E-state index >= 15 is 0 Å². The molecule has 0 bridgehead atoms. The summed E-state index contributed by atoms with van der Waals surface area (Å²) in [6, 6.07) is 21.5. The normalized spacial score (nSPS) is 18.8. The van der Waals surface area contributed by atoms with Crippen LogP contribution in [0.3, 0.4) is 0 Å². The van der Waals surface area contributed by atoms with Gasteiger partial charge in [-0.2, -0.15) is 0 Å². The monoisotopic (exact) mass is 522 g/mol. The van der Waals surface area contributed by atoms with Gasteiger partial charge < -0.3 is 20.1 Å². The van der Waals surface area contributed by atoms with E-state index in [1.807, 2.05) is 87.5 Å². The molecule has 2 atom stereocenters. The van der Waals surface area contributed by atoms with Crippen molar-refractivity contribution in [2.24, 2.45) is 0 Å². The Bertz CT molecular complexity index is 1520. The van der Waals surface area contributed by atoms with Gasteiger partial charge in [0, 0.05) is 40.6 Å². The van der Waals surface area contributed by atoms with Crippen molar-refractivity contribution in [3.63, 3.8) is 0 Å². The zero-order valence-electron chi connectivity index (χ0n) is 23.1. The molecule has 6 nitrogen and oxygen atoms in total. The van der Waals surface area contributed by atoms with Crippen LogP contribution in [-0.4, -0.2) is 25.9 Å². The average Bonchev–Trinajstić information content (AvgIpc) is 2.93. The smallest absolute Gasteiger partial charge is 0.254 e. The fourth-order valence-corrected chi connectivity index (χ4v) is 5.81. The molecule has 1 heterocycles. The Morgan fingerprint density at radius 2 is 1.56 bits per heavy atom.